The number of piperidine rings is 1. The van der Waals surface area contributed by atoms with Crippen molar-refractivity contribution in [2.75, 3.05) is 13.1 Å². The first-order chi connectivity index (χ1) is 14.6. The summed E-state index contributed by atoms with van der Waals surface area (Å²) < 4.78 is 18.6. The van der Waals surface area contributed by atoms with Crippen molar-refractivity contribution in [3.05, 3.63) is 65.7 Å². The molecular formula is C24H27FN2O4. The van der Waals surface area contributed by atoms with Crippen LogP contribution in [-0.4, -0.2) is 46.2 Å². The van der Waals surface area contributed by atoms with Crippen molar-refractivity contribution in [3.8, 4) is 0 Å². The molecule has 0 bridgehead atoms. The SMILES string of the molecule is CC(C)(C)OC(=O)N1CCC(C(=O)CC(=O)c2ccc(F)cc2)(c2ccccn2)CC1. The molecule has 1 aromatic carbocycles. The number of hydrogen-bond acceptors (Lipinski definition) is 5. The molecule has 2 aromatic rings. The lowest BCUT2D eigenvalue weighted by molar-refractivity contribution is -0.125. The van der Waals surface area contributed by atoms with Gasteiger partial charge in [0.2, 0.25) is 0 Å². The summed E-state index contributed by atoms with van der Waals surface area (Å²) in [6, 6.07) is 10.5. The van der Waals surface area contributed by atoms with Gasteiger partial charge in [0.05, 0.1) is 17.5 Å². The molecule has 0 aliphatic carbocycles. The smallest absolute Gasteiger partial charge is 0.410 e. The number of halogens is 1. The minimum atomic E-state index is -0.963. The van der Waals surface area contributed by atoms with Gasteiger partial charge in [-0.25, -0.2) is 9.18 Å². The molecule has 1 aliphatic heterocycles. The van der Waals surface area contributed by atoms with Crippen molar-refractivity contribution >= 4 is 17.7 Å². The quantitative estimate of drug-likeness (QED) is 0.525. The van der Waals surface area contributed by atoms with E-state index in [0.29, 0.717) is 31.6 Å². The first kappa shape index (κ1) is 22.6. The van der Waals surface area contributed by atoms with Crippen LogP contribution in [0.2, 0.25) is 0 Å². The molecule has 1 aliphatic rings. The fraction of sp³-hybridized carbons (Fsp3) is 0.417. The predicted molar refractivity (Wildman–Crippen MR) is 113 cm³/mol. The summed E-state index contributed by atoms with van der Waals surface area (Å²) in [5.41, 5.74) is -0.688. The molecule has 0 unspecified atom stereocenters. The number of rotatable bonds is 5. The summed E-state index contributed by atoms with van der Waals surface area (Å²) >= 11 is 0. The maximum atomic E-state index is 13.4. The summed E-state index contributed by atoms with van der Waals surface area (Å²) in [4.78, 5) is 44.5. The number of ketones is 2. The molecule has 1 saturated heterocycles. The number of pyridine rings is 1. The van der Waals surface area contributed by atoms with Crippen molar-refractivity contribution in [2.24, 2.45) is 0 Å². The minimum absolute atomic E-state index is 0.246. The maximum absolute atomic E-state index is 13.4. The zero-order chi connectivity index (χ0) is 22.6. The largest absolute Gasteiger partial charge is 0.444 e. The van der Waals surface area contributed by atoms with Crippen LogP contribution in [0.3, 0.4) is 0 Å². The van der Waals surface area contributed by atoms with E-state index in [2.05, 4.69) is 4.98 Å². The van der Waals surface area contributed by atoms with Crippen LogP contribution in [0.5, 0.6) is 0 Å². The highest BCUT2D eigenvalue weighted by Gasteiger charge is 2.45. The van der Waals surface area contributed by atoms with Gasteiger partial charge >= 0.3 is 6.09 Å². The molecule has 2 heterocycles. The second-order valence-corrected chi connectivity index (χ2v) is 8.79. The Morgan fingerprint density at radius 1 is 1.06 bits per heavy atom. The normalized spacial score (nSPS) is 15.9. The van der Waals surface area contributed by atoms with Crippen LogP contribution in [0, 0.1) is 5.82 Å². The van der Waals surface area contributed by atoms with E-state index < -0.39 is 22.9 Å². The molecule has 0 saturated carbocycles. The molecule has 1 amide bonds. The van der Waals surface area contributed by atoms with Crippen LogP contribution < -0.4 is 0 Å². The van der Waals surface area contributed by atoms with E-state index in [0.717, 1.165) is 0 Å². The van der Waals surface area contributed by atoms with E-state index in [-0.39, 0.29) is 23.6 Å². The minimum Gasteiger partial charge on any atom is -0.444 e. The van der Waals surface area contributed by atoms with Gasteiger partial charge in [0, 0.05) is 24.8 Å². The molecule has 7 heteroatoms. The molecule has 6 nitrogen and oxygen atoms in total. The molecular weight excluding hydrogens is 399 g/mol. The lowest BCUT2D eigenvalue weighted by atomic mass is 9.70. The van der Waals surface area contributed by atoms with Crippen LogP contribution in [0.1, 0.15) is 56.1 Å². The lowest BCUT2D eigenvalue weighted by Crippen LogP contribution is -2.50. The summed E-state index contributed by atoms with van der Waals surface area (Å²) in [5, 5.41) is 0. The Kier molecular flexibility index (Phi) is 6.53. The monoisotopic (exact) mass is 426 g/mol. The number of likely N-dealkylation sites (tertiary alicyclic amines) is 1. The first-order valence-corrected chi connectivity index (χ1v) is 10.3. The fourth-order valence-corrected chi connectivity index (χ4v) is 3.77. The van der Waals surface area contributed by atoms with Crippen LogP contribution in [0.4, 0.5) is 9.18 Å². The number of amides is 1. The van der Waals surface area contributed by atoms with Gasteiger partial charge in [0.15, 0.2) is 11.6 Å². The lowest BCUT2D eigenvalue weighted by Gasteiger charge is -2.40. The van der Waals surface area contributed by atoms with Gasteiger partial charge in [-0.2, -0.15) is 0 Å². The Hall–Kier alpha value is -3.09. The van der Waals surface area contributed by atoms with Gasteiger partial charge < -0.3 is 9.64 Å². The van der Waals surface area contributed by atoms with Crippen molar-refractivity contribution in [1.29, 1.82) is 0 Å². The van der Waals surface area contributed by atoms with E-state index >= 15 is 0 Å². The van der Waals surface area contributed by atoms with E-state index in [1.165, 1.54) is 24.3 Å². The molecule has 0 spiro atoms. The van der Waals surface area contributed by atoms with Crippen LogP contribution in [0.15, 0.2) is 48.7 Å². The Bertz CT molecular complexity index is 944. The fourth-order valence-electron chi connectivity index (χ4n) is 3.77. The van der Waals surface area contributed by atoms with Crippen LogP contribution in [-0.2, 0) is 14.9 Å². The number of carbonyl (C=O) groups excluding carboxylic acids is 3. The van der Waals surface area contributed by atoms with Crippen LogP contribution in [0.25, 0.3) is 0 Å². The highest BCUT2D eigenvalue weighted by Crippen LogP contribution is 2.37. The van der Waals surface area contributed by atoms with Gasteiger partial charge in [0.25, 0.3) is 0 Å². The third-order valence-corrected chi connectivity index (χ3v) is 5.44. The first-order valence-electron chi connectivity index (χ1n) is 10.3. The average molecular weight is 426 g/mol. The summed E-state index contributed by atoms with van der Waals surface area (Å²) in [6.07, 6.45) is 1.58. The zero-order valence-electron chi connectivity index (χ0n) is 18.1. The average Bonchev–Trinajstić information content (AvgIpc) is 2.73. The number of nitrogens with zero attached hydrogens (tertiary/aromatic N) is 2. The number of carbonyl (C=O) groups is 3. The molecule has 164 valence electrons. The Morgan fingerprint density at radius 2 is 1.71 bits per heavy atom. The van der Waals surface area contributed by atoms with Crippen molar-refractivity contribution < 1.29 is 23.5 Å². The standard InChI is InChI=1S/C24H27FN2O4/c1-23(2,3)31-22(30)27-14-11-24(12-15-27,20-6-4-5-13-26-20)21(29)16-19(28)17-7-9-18(25)10-8-17/h4-10,13H,11-12,14-16H2,1-3H3. The molecule has 0 N–H and O–H groups in total. The van der Waals surface area contributed by atoms with E-state index in [9.17, 15) is 18.8 Å². The maximum Gasteiger partial charge on any atom is 0.410 e. The Labute approximate surface area is 181 Å². The number of Topliss-reactive ketones (excluding diaryl/α,β-unsaturated/α-hetero) is 2. The third-order valence-electron chi connectivity index (χ3n) is 5.44. The highest BCUT2D eigenvalue weighted by atomic mass is 19.1. The Balaban J connectivity index is 1.79. The number of ether oxygens (including phenoxy) is 1. The van der Waals surface area contributed by atoms with E-state index in [1.807, 2.05) is 0 Å². The second kappa shape index (κ2) is 8.96. The molecule has 0 radical (unpaired) electrons. The summed E-state index contributed by atoms with van der Waals surface area (Å²) in [6.45, 7) is 6.05. The van der Waals surface area contributed by atoms with Gasteiger partial charge in [-0.1, -0.05) is 6.07 Å². The topological polar surface area (TPSA) is 76.6 Å². The second-order valence-electron chi connectivity index (χ2n) is 8.79. The molecule has 1 aromatic heterocycles. The van der Waals surface area contributed by atoms with Crippen LogP contribution >= 0.6 is 0 Å². The number of aromatic nitrogens is 1. The van der Waals surface area contributed by atoms with Crippen molar-refractivity contribution in [1.82, 2.24) is 9.88 Å². The van der Waals surface area contributed by atoms with Gasteiger partial charge in [-0.05, 0) is 70.0 Å². The third kappa shape index (κ3) is 5.34. The van der Waals surface area contributed by atoms with Crippen molar-refractivity contribution in [3.63, 3.8) is 0 Å². The van der Waals surface area contributed by atoms with Gasteiger partial charge in [-0.3, -0.25) is 14.6 Å². The molecule has 0 atom stereocenters. The van der Waals surface area contributed by atoms with Gasteiger partial charge in [-0.15, -0.1) is 0 Å². The molecule has 3 rings (SSSR count). The Morgan fingerprint density at radius 3 is 2.26 bits per heavy atom. The highest BCUT2D eigenvalue weighted by molar-refractivity contribution is 6.11. The molecule has 31 heavy (non-hydrogen) atoms. The van der Waals surface area contributed by atoms with E-state index in [1.54, 1.807) is 50.1 Å². The van der Waals surface area contributed by atoms with E-state index in [4.69, 9.17) is 4.74 Å². The zero-order valence-corrected chi connectivity index (χ0v) is 18.1. The van der Waals surface area contributed by atoms with Crippen molar-refractivity contribution in [2.45, 2.75) is 51.0 Å². The summed E-state index contributed by atoms with van der Waals surface area (Å²) in [5.74, 6) is -1.05. The van der Waals surface area contributed by atoms with Gasteiger partial charge in [0.1, 0.15) is 11.4 Å². The summed E-state index contributed by atoms with van der Waals surface area (Å²) in [7, 11) is 0. The predicted octanol–water partition coefficient (Wildman–Crippen LogP) is 4.33. The molecule has 1 fully saturated rings. The number of hydrogen-bond donors (Lipinski definition) is 0. The number of benzene rings is 1.